The van der Waals surface area contributed by atoms with Gasteiger partial charge in [0.15, 0.2) is 11.9 Å². The number of benzene rings is 2. The van der Waals surface area contributed by atoms with Crippen LogP contribution in [0.1, 0.15) is 26.5 Å². The molecule has 1 aromatic heterocycles. The molecule has 0 saturated heterocycles. The van der Waals surface area contributed by atoms with E-state index in [0.29, 0.717) is 11.3 Å². The Bertz CT molecular complexity index is 905. The third-order valence-electron chi connectivity index (χ3n) is 3.79. The molecule has 1 atom stereocenters. The van der Waals surface area contributed by atoms with Gasteiger partial charge in [-0.05, 0) is 47.1 Å². The Labute approximate surface area is 159 Å². The molecule has 1 heterocycles. The van der Waals surface area contributed by atoms with Gasteiger partial charge < -0.3 is 15.1 Å². The average molecular weight is 413 g/mol. The molecule has 0 unspecified atom stereocenters. The summed E-state index contributed by atoms with van der Waals surface area (Å²) in [5.74, 6) is -0.582. The van der Waals surface area contributed by atoms with Gasteiger partial charge in [-0.15, -0.1) is 0 Å². The summed E-state index contributed by atoms with van der Waals surface area (Å²) in [4.78, 5) is 25.3. The number of Topliss-reactive ketones (excluding diaryl/α,β-unsaturated/α-hetero) is 1. The number of carbonyl (C=O) groups is 2. The Morgan fingerprint density at radius 1 is 1.00 bits per heavy atom. The van der Waals surface area contributed by atoms with Crippen LogP contribution in [0.4, 0.5) is 5.69 Å². The Balaban J connectivity index is 1.87. The molecule has 0 aliphatic carbocycles. The highest BCUT2D eigenvalue weighted by atomic mass is 79.9. The van der Waals surface area contributed by atoms with Crippen molar-refractivity contribution in [2.45, 2.75) is 13.1 Å². The van der Waals surface area contributed by atoms with E-state index in [-0.39, 0.29) is 11.5 Å². The van der Waals surface area contributed by atoms with E-state index in [4.69, 9.17) is 4.42 Å². The summed E-state index contributed by atoms with van der Waals surface area (Å²) in [6.45, 7) is 1.95. The molecule has 0 fully saturated rings. The molecule has 0 bridgehead atoms. The minimum atomic E-state index is -0.950. The summed E-state index contributed by atoms with van der Waals surface area (Å²) < 4.78 is 5.90. The standard InChI is InChI=1S/C20H17BrN2O3/c1-13-8-10-14(11-9-13)18(24)19(22-16-6-3-2-5-15(16)21)23-20(25)17-7-4-12-26-17/h2-12,19,22H,1H3,(H,23,25)/t19-/m0/s1. The van der Waals surface area contributed by atoms with Crippen LogP contribution in [0.25, 0.3) is 0 Å². The molecule has 0 saturated carbocycles. The monoisotopic (exact) mass is 412 g/mol. The minimum absolute atomic E-state index is 0.139. The Kier molecular flexibility index (Phi) is 5.53. The summed E-state index contributed by atoms with van der Waals surface area (Å²) in [7, 11) is 0. The van der Waals surface area contributed by atoms with Crippen molar-refractivity contribution < 1.29 is 14.0 Å². The molecular formula is C20H17BrN2O3. The van der Waals surface area contributed by atoms with Crippen molar-refractivity contribution in [3.05, 3.63) is 88.3 Å². The van der Waals surface area contributed by atoms with Crippen molar-refractivity contribution in [1.29, 1.82) is 0 Å². The lowest BCUT2D eigenvalue weighted by Gasteiger charge is -2.20. The first kappa shape index (κ1) is 17.9. The maximum atomic E-state index is 13.0. The maximum absolute atomic E-state index is 13.0. The summed E-state index contributed by atoms with van der Waals surface area (Å²) in [5, 5.41) is 5.78. The largest absolute Gasteiger partial charge is 0.459 e. The van der Waals surface area contributed by atoms with Gasteiger partial charge in [-0.3, -0.25) is 9.59 Å². The molecule has 2 N–H and O–H groups in total. The van der Waals surface area contributed by atoms with Crippen LogP contribution in [0.2, 0.25) is 0 Å². The van der Waals surface area contributed by atoms with E-state index in [2.05, 4.69) is 26.6 Å². The molecule has 6 heteroatoms. The van der Waals surface area contributed by atoms with Crippen LogP contribution < -0.4 is 10.6 Å². The highest BCUT2D eigenvalue weighted by Gasteiger charge is 2.24. The van der Waals surface area contributed by atoms with Gasteiger partial charge in [0.2, 0.25) is 5.78 Å². The van der Waals surface area contributed by atoms with E-state index in [1.165, 1.54) is 6.26 Å². The fraction of sp³-hybridized carbons (Fsp3) is 0.100. The maximum Gasteiger partial charge on any atom is 0.288 e. The molecule has 132 valence electrons. The van der Waals surface area contributed by atoms with Gasteiger partial charge in [0.1, 0.15) is 0 Å². The van der Waals surface area contributed by atoms with Crippen molar-refractivity contribution in [2.75, 3.05) is 5.32 Å². The SMILES string of the molecule is Cc1ccc(C(=O)[C@H](NC(=O)c2ccco2)Nc2ccccc2Br)cc1. The van der Waals surface area contributed by atoms with Gasteiger partial charge in [0.05, 0.1) is 12.0 Å². The molecule has 3 rings (SSSR count). The first-order chi connectivity index (χ1) is 12.5. The van der Waals surface area contributed by atoms with Gasteiger partial charge in [-0.1, -0.05) is 42.0 Å². The van der Waals surface area contributed by atoms with E-state index in [1.54, 1.807) is 24.3 Å². The number of para-hydroxylation sites is 1. The van der Waals surface area contributed by atoms with Crippen LogP contribution in [0.5, 0.6) is 0 Å². The van der Waals surface area contributed by atoms with Gasteiger partial charge >= 0.3 is 0 Å². The zero-order valence-corrected chi connectivity index (χ0v) is 15.6. The van der Waals surface area contributed by atoms with Gasteiger partial charge in [0, 0.05) is 10.0 Å². The number of amides is 1. The first-order valence-electron chi connectivity index (χ1n) is 8.01. The van der Waals surface area contributed by atoms with Gasteiger partial charge in [-0.25, -0.2) is 0 Å². The number of hydrogen-bond acceptors (Lipinski definition) is 4. The van der Waals surface area contributed by atoms with Crippen LogP contribution in [0, 0.1) is 6.92 Å². The van der Waals surface area contributed by atoms with Crippen molar-refractivity contribution in [2.24, 2.45) is 0 Å². The summed E-state index contributed by atoms with van der Waals surface area (Å²) in [5.41, 5.74) is 2.24. The quantitative estimate of drug-likeness (QED) is 0.464. The molecule has 0 radical (unpaired) electrons. The number of anilines is 1. The highest BCUT2D eigenvalue weighted by molar-refractivity contribution is 9.10. The van der Waals surface area contributed by atoms with Crippen molar-refractivity contribution >= 4 is 33.3 Å². The average Bonchev–Trinajstić information content (AvgIpc) is 3.18. The fourth-order valence-corrected chi connectivity index (χ4v) is 2.79. The zero-order chi connectivity index (χ0) is 18.5. The Morgan fingerprint density at radius 3 is 2.38 bits per heavy atom. The number of halogens is 1. The second-order valence-corrected chi connectivity index (χ2v) is 6.59. The van der Waals surface area contributed by atoms with E-state index < -0.39 is 12.1 Å². The molecule has 1 amide bonds. The predicted octanol–water partition coefficient (Wildman–Crippen LogP) is 4.40. The topological polar surface area (TPSA) is 71.3 Å². The fourth-order valence-electron chi connectivity index (χ4n) is 2.40. The summed E-state index contributed by atoms with van der Waals surface area (Å²) in [6.07, 6.45) is 0.460. The number of hydrogen-bond donors (Lipinski definition) is 2. The summed E-state index contributed by atoms with van der Waals surface area (Å²) >= 11 is 3.44. The second kappa shape index (κ2) is 8.01. The van der Waals surface area contributed by atoms with Crippen molar-refractivity contribution in [3.63, 3.8) is 0 Å². The molecule has 0 aliphatic heterocycles. The van der Waals surface area contributed by atoms with Crippen LogP contribution in [0.15, 0.2) is 75.8 Å². The molecule has 2 aromatic carbocycles. The normalized spacial score (nSPS) is 11.6. The highest BCUT2D eigenvalue weighted by Crippen LogP contribution is 2.22. The second-order valence-electron chi connectivity index (χ2n) is 5.74. The molecule has 3 aromatic rings. The minimum Gasteiger partial charge on any atom is -0.459 e. The Morgan fingerprint density at radius 2 is 1.73 bits per heavy atom. The number of aryl methyl sites for hydroxylation is 1. The van der Waals surface area contributed by atoms with Gasteiger partial charge in [-0.2, -0.15) is 0 Å². The molecule has 0 spiro atoms. The van der Waals surface area contributed by atoms with E-state index in [9.17, 15) is 9.59 Å². The molecule has 0 aliphatic rings. The number of nitrogens with one attached hydrogen (secondary N) is 2. The molecule has 26 heavy (non-hydrogen) atoms. The lowest BCUT2D eigenvalue weighted by Crippen LogP contribution is -2.46. The van der Waals surface area contributed by atoms with E-state index in [1.807, 2.05) is 43.3 Å². The van der Waals surface area contributed by atoms with Crippen LogP contribution in [-0.2, 0) is 0 Å². The third-order valence-corrected chi connectivity index (χ3v) is 4.48. The lowest BCUT2D eigenvalue weighted by atomic mass is 10.1. The number of rotatable bonds is 6. The van der Waals surface area contributed by atoms with Crippen molar-refractivity contribution in [3.8, 4) is 0 Å². The number of carbonyl (C=O) groups excluding carboxylic acids is 2. The van der Waals surface area contributed by atoms with Crippen LogP contribution in [-0.4, -0.2) is 17.9 Å². The van der Waals surface area contributed by atoms with E-state index >= 15 is 0 Å². The number of furan rings is 1. The van der Waals surface area contributed by atoms with Crippen molar-refractivity contribution in [1.82, 2.24) is 5.32 Å². The predicted molar refractivity (Wildman–Crippen MR) is 103 cm³/mol. The Hall–Kier alpha value is -2.86. The molecule has 5 nitrogen and oxygen atoms in total. The van der Waals surface area contributed by atoms with Crippen LogP contribution >= 0.6 is 15.9 Å². The first-order valence-corrected chi connectivity index (χ1v) is 8.80. The van der Waals surface area contributed by atoms with Crippen LogP contribution in [0.3, 0.4) is 0 Å². The molecular weight excluding hydrogens is 396 g/mol. The summed E-state index contributed by atoms with van der Waals surface area (Å²) in [6, 6.07) is 17.7. The smallest absolute Gasteiger partial charge is 0.288 e. The lowest BCUT2D eigenvalue weighted by molar-refractivity contribution is 0.0852. The zero-order valence-electron chi connectivity index (χ0n) is 14.0. The van der Waals surface area contributed by atoms with Gasteiger partial charge in [0.25, 0.3) is 5.91 Å². The number of ketones is 1. The van der Waals surface area contributed by atoms with E-state index in [0.717, 1.165) is 10.0 Å². The third kappa shape index (κ3) is 4.21.